The summed E-state index contributed by atoms with van der Waals surface area (Å²) < 4.78 is 13.2. The maximum Gasteiger partial charge on any atom is 0.319 e. The molecule has 3 saturated heterocycles. The molecule has 9 nitrogen and oxygen atoms in total. The highest BCUT2D eigenvalue weighted by atomic mass is 16.5. The summed E-state index contributed by atoms with van der Waals surface area (Å²) in [6.45, 7) is 18.5. The van der Waals surface area contributed by atoms with E-state index >= 15 is 0 Å². The number of fused-ring (bicyclic) bond motifs is 2. The van der Waals surface area contributed by atoms with Crippen LogP contribution in [0.4, 0.5) is 5.82 Å². The molecule has 44 heavy (non-hydrogen) atoms. The van der Waals surface area contributed by atoms with Crippen LogP contribution >= 0.6 is 0 Å². The molecule has 0 unspecified atom stereocenters. The second-order valence-corrected chi connectivity index (χ2v) is 12.8. The van der Waals surface area contributed by atoms with Crippen LogP contribution in [0.15, 0.2) is 31.0 Å². The highest BCUT2D eigenvalue weighted by molar-refractivity contribution is 6.07. The molecule has 1 spiro atoms. The lowest BCUT2D eigenvalue weighted by molar-refractivity contribution is 0.0959. The summed E-state index contributed by atoms with van der Waals surface area (Å²) in [6.07, 6.45) is 9.45. The van der Waals surface area contributed by atoms with Crippen molar-refractivity contribution < 1.29 is 9.47 Å². The van der Waals surface area contributed by atoms with E-state index in [0.29, 0.717) is 18.0 Å². The van der Waals surface area contributed by atoms with Crippen molar-refractivity contribution in [3.05, 3.63) is 42.1 Å². The number of nitrogens with one attached hydrogen (secondary N) is 2. The summed E-state index contributed by atoms with van der Waals surface area (Å²) in [5.41, 5.74) is 6.39. The lowest BCUT2D eigenvalue weighted by atomic mass is 9.78. The second kappa shape index (κ2) is 12.0. The molecular weight excluding hydrogens is 550 g/mol. The van der Waals surface area contributed by atoms with Gasteiger partial charge in [-0.15, -0.1) is 0 Å². The number of anilines is 1. The molecule has 0 radical (unpaired) electrons. The zero-order chi connectivity index (χ0) is 30.3. The summed E-state index contributed by atoms with van der Waals surface area (Å²) in [6, 6.07) is 6.86. The monoisotopic (exact) mass is 595 g/mol. The van der Waals surface area contributed by atoms with Crippen molar-refractivity contribution in [2.75, 3.05) is 57.3 Å². The number of hydrogen-bond acceptors (Lipinski definition) is 8. The number of aryl methyl sites for hydroxylation is 1. The van der Waals surface area contributed by atoms with Crippen LogP contribution in [0.3, 0.4) is 0 Å². The average molecular weight is 596 g/mol. The fourth-order valence-electron chi connectivity index (χ4n) is 7.58. The molecule has 3 aliphatic heterocycles. The predicted octanol–water partition coefficient (Wildman–Crippen LogP) is 5.97. The standard InChI is InChI=1S/C35H45N7O2/c1-5-24-20-26-31(32(43-7-3)30(24)29-23(4)8-9-28-27(29)21-37-40-28)38-34(44-25-10-16-41(6-2)17-11-25)39-33(26)42-18-13-35(14-19-42)12-15-36-22-35/h5,8-9,20-21,25,36H,1,6-7,10-19,22H2,2-4H3,(H,37,40). The number of piperidine rings is 2. The maximum atomic E-state index is 6.62. The molecule has 0 saturated carbocycles. The lowest BCUT2D eigenvalue weighted by Crippen LogP contribution is -2.41. The van der Waals surface area contributed by atoms with Crippen molar-refractivity contribution >= 4 is 33.7 Å². The first-order valence-corrected chi connectivity index (χ1v) is 16.4. The molecule has 5 heterocycles. The van der Waals surface area contributed by atoms with Gasteiger partial charge in [-0.3, -0.25) is 5.10 Å². The normalized spacial score (nSPS) is 19.3. The van der Waals surface area contributed by atoms with E-state index in [0.717, 1.165) is 127 Å². The van der Waals surface area contributed by atoms with Gasteiger partial charge in [0, 0.05) is 49.1 Å². The van der Waals surface area contributed by atoms with Gasteiger partial charge < -0.3 is 24.6 Å². The van der Waals surface area contributed by atoms with Crippen molar-refractivity contribution in [2.45, 2.75) is 59.0 Å². The first kappa shape index (κ1) is 29.0. The third kappa shape index (κ3) is 5.20. The largest absolute Gasteiger partial charge is 0.491 e. The fourth-order valence-corrected chi connectivity index (χ4v) is 7.58. The first-order chi connectivity index (χ1) is 21.5. The van der Waals surface area contributed by atoms with Gasteiger partial charge in [0.2, 0.25) is 0 Å². The van der Waals surface area contributed by atoms with Gasteiger partial charge in [-0.05, 0) is 93.3 Å². The molecule has 3 aliphatic rings. The Morgan fingerprint density at radius 1 is 1.05 bits per heavy atom. The Morgan fingerprint density at radius 3 is 2.57 bits per heavy atom. The van der Waals surface area contributed by atoms with E-state index in [1.54, 1.807) is 0 Å². The van der Waals surface area contributed by atoms with Crippen LogP contribution in [0, 0.1) is 12.3 Å². The van der Waals surface area contributed by atoms with Crippen LogP contribution in [0.5, 0.6) is 11.8 Å². The molecular formula is C35H45N7O2. The van der Waals surface area contributed by atoms with Crippen LogP contribution in [-0.4, -0.2) is 83.6 Å². The molecule has 2 aromatic carbocycles. The molecule has 0 bridgehead atoms. The fraction of sp³-hybridized carbons (Fsp3) is 0.514. The third-order valence-corrected chi connectivity index (χ3v) is 10.2. The number of nitrogens with zero attached hydrogens (tertiary/aromatic N) is 5. The van der Waals surface area contributed by atoms with E-state index in [4.69, 9.17) is 19.4 Å². The van der Waals surface area contributed by atoms with Crippen molar-refractivity contribution in [3.63, 3.8) is 0 Å². The van der Waals surface area contributed by atoms with Gasteiger partial charge >= 0.3 is 6.01 Å². The summed E-state index contributed by atoms with van der Waals surface area (Å²) in [7, 11) is 0. The Hall–Kier alpha value is -3.69. The van der Waals surface area contributed by atoms with E-state index in [1.165, 1.54) is 6.42 Å². The molecule has 4 aromatic rings. The lowest BCUT2D eigenvalue weighted by Gasteiger charge is -2.40. The number of benzene rings is 2. The van der Waals surface area contributed by atoms with Gasteiger partial charge in [0.05, 0.1) is 18.3 Å². The Bertz CT molecular complexity index is 1660. The minimum atomic E-state index is 0.0988. The first-order valence-electron chi connectivity index (χ1n) is 16.4. The summed E-state index contributed by atoms with van der Waals surface area (Å²) in [5, 5.41) is 13.1. The quantitative estimate of drug-likeness (QED) is 0.258. The van der Waals surface area contributed by atoms with Crippen molar-refractivity contribution in [1.82, 2.24) is 30.4 Å². The number of hydrogen-bond donors (Lipinski definition) is 2. The Balaban J connectivity index is 1.40. The maximum absolute atomic E-state index is 6.62. The number of H-pyrrole nitrogens is 1. The van der Waals surface area contributed by atoms with Crippen molar-refractivity contribution in [3.8, 4) is 22.9 Å². The van der Waals surface area contributed by atoms with E-state index in [2.05, 4.69) is 63.9 Å². The minimum absolute atomic E-state index is 0.0988. The van der Waals surface area contributed by atoms with Gasteiger partial charge in [-0.1, -0.05) is 25.6 Å². The van der Waals surface area contributed by atoms with E-state index < -0.39 is 0 Å². The van der Waals surface area contributed by atoms with Crippen LogP contribution in [0.2, 0.25) is 0 Å². The predicted molar refractivity (Wildman–Crippen MR) is 178 cm³/mol. The second-order valence-electron chi connectivity index (χ2n) is 12.8. The third-order valence-electron chi connectivity index (χ3n) is 10.2. The summed E-state index contributed by atoms with van der Waals surface area (Å²) in [4.78, 5) is 15.2. The molecule has 0 amide bonds. The molecule has 7 rings (SSSR count). The smallest absolute Gasteiger partial charge is 0.319 e. The number of aromatic nitrogens is 4. The topological polar surface area (TPSA) is 91.4 Å². The van der Waals surface area contributed by atoms with Crippen LogP contribution < -0.4 is 19.7 Å². The van der Waals surface area contributed by atoms with Crippen LogP contribution in [-0.2, 0) is 0 Å². The summed E-state index contributed by atoms with van der Waals surface area (Å²) >= 11 is 0. The Kier molecular flexibility index (Phi) is 7.93. The highest BCUT2D eigenvalue weighted by Crippen LogP contribution is 2.47. The van der Waals surface area contributed by atoms with E-state index in [9.17, 15) is 0 Å². The molecule has 232 valence electrons. The van der Waals surface area contributed by atoms with Gasteiger partial charge in [0.25, 0.3) is 0 Å². The molecule has 9 heteroatoms. The van der Waals surface area contributed by atoms with Gasteiger partial charge in [0.1, 0.15) is 17.4 Å². The van der Waals surface area contributed by atoms with Crippen molar-refractivity contribution in [1.29, 1.82) is 0 Å². The number of ether oxygens (including phenoxy) is 2. The van der Waals surface area contributed by atoms with Crippen LogP contribution in [0.1, 0.15) is 57.1 Å². The number of rotatable bonds is 8. The minimum Gasteiger partial charge on any atom is -0.491 e. The van der Waals surface area contributed by atoms with Gasteiger partial charge in [-0.25, -0.2) is 0 Å². The van der Waals surface area contributed by atoms with E-state index in [-0.39, 0.29) is 6.10 Å². The average Bonchev–Trinajstić information content (AvgIpc) is 3.72. The molecule has 2 aromatic heterocycles. The zero-order valence-corrected chi connectivity index (χ0v) is 26.4. The van der Waals surface area contributed by atoms with E-state index in [1.807, 2.05) is 19.2 Å². The molecule has 2 N–H and O–H groups in total. The Morgan fingerprint density at radius 2 is 1.86 bits per heavy atom. The molecule has 0 aliphatic carbocycles. The molecule has 0 atom stereocenters. The molecule has 3 fully saturated rings. The number of aromatic amines is 1. The van der Waals surface area contributed by atoms with Gasteiger partial charge in [-0.2, -0.15) is 15.1 Å². The van der Waals surface area contributed by atoms with Gasteiger partial charge in [0.15, 0.2) is 5.75 Å². The number of likely N-dealkylation sites (tertiary alicyclic amines) is 1. The summed E-state index contributed by atoms with van der Waals surface area (Å²) in [5.74, 6) is 1.69. The highest BCUT2D eigenvalue weighted by Gasteiger charge is 2.38. The Labute approximate surface area is 260 Å². The van der Waals surface area contributed by atoms with Crippen molar-refractivity contribution in [2.24, 2.45) is 5.41 Å². The van der Waals surface area contributed by atoms with Crippen LogP contribution in [0.25, 0.3) is 39.0 Å². The SMILES string of the molecule is C=Cc1cc2c(N3CCC4(CCNC4)CC3)nc(OC3CCN(CC)CC3)nc2c(OCC)c1-c1c(C)ccc2[nH]ncc12. The zero-order valence-electron chi connectivity index (χ0n) is 26.4.